The zero-order chi connectivity index (χ0) is 28.1. The van der Waals surface area contributed by atoms with Crippen molar-refractivity contribution >= 4 is 38.9 Å². The standard InChI is InChI=1S/C27H38N8O3S/c1-6-23-22-15-24-29-25(34-12-10-19(28)16-34)18(3)26(35(24)30-22)32(4)11-7-13-39(37,38)31-21-9-8-17(2)14-20(21)27(36)33(23)5/h8-9,14-15,19,23,31H,6-7,10-13,16,28H2,1-5H3/t19-,23?/m0/s1. The number of fused-ring (bicyclic) bond motifs is 2. The molecule has 3 aromatic rings. The highest BCUT2D eigenvalue weighted by molar-refractivity contribution is 7.92. The van der Waals surface area contributed by atoms with Gasteiger partial charge >= 0.3 is 0 Å². The molecule has 1 saturated heterocycles. The van der Waals surface area contributed by atoms with E-state index in [0.29, 0.717) is 30.6 Å². The van der Waals surface area contributed by atoms with Crippen LogP contribution in [0, 0.1) is 13.8 Å². The minimum atomic E-state index is -3.69. The van der Waals surface area contributed by atoms with E-state index in [-0.39, 0.29) is 29.4 Å². The average Bonchev–Trinajstić information content (AvgIpc) is 3.49. The minimum Gasteiger partial charge on any atom is -0.359 e. The fourth-order valence-electron chi connectivity index (χ4n) is 5.73. The summed E-state index contributed by atoms with van der Waals surface area (Å²) >= 11 is 0. The fourth-order valence-corrected chi connectivity index (χ4v) is 6.85. The Balaban J connectivity index is 1.68. The Morgan fingerprint density at radius 2 is 1.92 bits per heavy atom. The number of nitrogens with one attached hydrogen (secondary N) is 1. The van der Waals surface area contributed by atoms with Gasteiger partial charge in [0.1, 0.15) is 11.6 Å². The molecule has 0 saturated carbocycles. The predicted octanol–water partition coefficient (Wildman–Crippen LogP) is 2.69. The van der Waals surface area contributed by atoms with Gasteiger partial charge in [-0.2, -0.15) is 9.61 Å². The third-order valence-corrected chi connectivity index (χ3v) is 9.14. The summed E-state index contributed by atoms with van der Waals surface area (Å²) in [5.74, 6) is 1.35. The summed E-state index contributed by atoms with van der Waals surface area (Å²) in [5, 5.41) is 4.98. The molecule has 2 aliphatic rings. The summed E-state index contributed by atoms with van der Waals surface area (Å²) in [6.45, 7) is 7.96. The number of nitrogens with two attached hydrogens (primary N) is 1. The first-order valence-corrected chi connectivity index (χ1v) is 15.1. The van der Waals surface area contributed by atoms with E-state index in [2.05, 4.69) is 9.62 Å². The molecule has 2 atom stereocenters. The van der Waals surface area contributed by atoms with Gasteiger partial charge in [-0.15, -0.1) is 0 Å². The molecule has 3 N–H and O–H groups in total. The molecular weight excluding hydrogens is 516 g/mol. The van der Waals surface area contributed by atoms with Crippen LogP contribution in [0.5, 0.6) is 0 Å². The van der Waals surface area contributed by atoms with Gasteiger partial charge in [0.15, 0.2) is 5.65 Å². The van der Waals surface area contributed by atoms with Crippen molar-refractivity contribution in [2.24, 2.45) is 5.73 Å². The SMILES string of the molecule is CCC1c2cc3nc(N4CC[C@H](N)C4)c(C)c(n3n2)N(C)CCCS(=O)(=O)Nc2ccc(C)cc2C(=O)N1C. The maximum atomic E-state index is 13.8. The lowest BCUT2D eigenvalue weighted by Gasteiger charge is -2.27. The van der Waals surface area contributed by atoms with Crippen LogP contribution in [0.4, 0.5) is 17.3 Å². The third kappa shape index (κ3) is 5.14. The highest BCUT2D eigenvalue weighted by Crippen LogP contribution is 2.34. The number of hydrogen-bond donors (Lipinski definition) is 2. The van der Waals surface area contributed by atoms with Gasteiger partial charge in [0.2, 0.25) is 10.0 Å². The first-order valence-electron chi connectivity index (χ1n) is 13.5. The second-order valence-electron chi connectivity index (χ2n) is 10.8. The molecule has 12 heteroatoms. The number of carbonyl (C=O) groups is 1. The number of hydrogen-bond acceptors (Lipinski definition) is 8. The number of benzene rings is 1. The van der Waals surface area contributed by atoms with E-state index < -0.39 is 10.0 Å². The first-order chi connectivity index (χ1) is 18.5. The van der Waals surface area contributed by atoms with Crippen LogP contribution in [-0.4, -0.2) is 79.3 Å². The van der Waals surface area contributed by atoms with Gasteiger partial charge < -0.3 is 20.4 Å². The topological polar surface area (TPSA) is 129 Å². The molecule has 0 radical (unpaired) electrons. The molecule has 210 valence electrons. The quantitative estimate of drug-likeness (QED) is 0.495. The zero-order valence-electron chi connectivity index (χ0n) is 23.3. The Bertz CT molecular complexity index is 1520. The van der Waals surface area contributed by atoms with Crippen LogP contribution in [0.25, 0.3) is 5.65 Å². The van der Waals surface area contributed by atoms with Gasteiger partial charge in [-0.25, -0.2) is 13.4 Å². The molecule has 4 heterocycles. The Labute approximate surface area is 230 Å². The predicted molar refractivity (Wildman–Crippen MR) is 154 cm³/mol. The van der Waals surface area contributed by atoms with Crippen LogP contribution in [0.1, 0.15) is 59.4 Å². The molecule has 0 spiro atoms. The van der Waals surface area contributed by atoms with Crippen molar-refractivity contribution in [1.29, 1.82) is 0 Å². The van der Waals surface area contributed by atoms with Gasteiger partial charge in [0.05, 0.1) is 28.7 Å². The summed E-state index contributed by atoms with van der Waals surface area (Å²) in [4.78, 5) is 24.7. The summed E-state index contributed by atoms with van der Waals surface area (Å²) in [6, 6.07) is 6.92. The third-order valence-electron chi connectivity index (χ3n) is 7.78. The molecule has 1 fully saturated rings. The number of aryl methyl sites for hydroxylation is 1. The highest BCUT2D eigenvalue weighted by atomic mass is 32.2. The van der Waals surface area contributed by atoms with Crippen LogP contribution >= 0.6 is 0 Å². The molecular formula is C27H38N8O3S. The van der Waals surface area contributed by atoms with Gasteiger partial charge in [-0.1, -0.05) is 18.6 Å². The summed E-state index contributed by atoms with van der Waals surface area (Å²) in [6.07, 6.45) is 1.91. The molecule has 1 amide bonds. The molecule has 5 rings (SSSR count). The van der Waals surface area contributed by atoms with E-state index in [0.717, 1.165) is 48.0 Å². The van der Waals surface area contributed by atoms with E-state index in [1.165, 1.54) is 0 Å². The average molecular weight is 555 g/mol. The fraction of sp³-hybridized carbons (Fsp3) is 0.519. The maximum Gasteiger partial charge on any atom is 0.256 e. The van der Waals surface area contributed by atoms with E-state index >= 15 is 0 Å². The Morgan fingerprint density at radius 1 is 1.15 bits per heavy atom. The van der Waals surface area contributed by atoms with Gasteiger partial charge in [-0.3, -0.25) is 9.52 Å². The lowest BCUT2D eigenvalue weighted by Crippen LogP contribution is -2.32. The molecule has 2 aromatic heterocycles. The van der Waals surface area contributed by atoms with Crippen molar-refractivity contribution in [3.63, 3.8) is 0 Å². The minimum absolute atomic E-state index is 0.0856. The van der Waals surface area contributed by atoms with Crippen molar-refractivity contribution in [1.82, 2.24) is 19.5 Å². The highest BCUT2D eigenvalue weighted by Gasteiger charge is 2.30. The normalized spacial score (nSPS) is 22.1. The number of nitrogens with zero attached hydrogens (tertiary/aromatic N) is 6. The van der Waals surface area contributed by atoms with Crippen molar-refractivity contribution in [3.05, 3.63) is 46.6 Å². The molecule has 1 unspecified atom stereocenters. The summed E-state index contributed by atoms with van der Waals surface area (Å²) < 4.78 is 30.7. The van der Waals surface area contributed by atoms with Crippen molar-refractivity contribution in [2.75, 3.05) is 54.0 Å². The Kier molecular flexibility index (Phi) is 7.19. The molecule has 2 bridgehead atoms. The summed E-state index contributed by atoms with van der Waals surface area (Å²) in [7, 11) is 0.000498. The number of rotatable bonds is 2. The summed E-state index contributed by atoms with van der Waals surface area (Å²) in [5.41, 5.74) is 10.1. The van der Waals surface area contributed by atoms with E-state index in [4.69, 9.17) is 15.8 Å². The number of aromatic nitrogens is 3. The number of anilines is 3. The largest absolute Gasteiger partial charge is 0.359 e. The molecule has 11 nitrogen and oxygen atoms in total. The molecule has 2 aliphatic heterocycles. The Hall–Kier alpha value is -3.38. The molecule has 0 aliphatic carbocycles. The van der Waals surface area contributed by atoms with Crippen molar-refractivity contribution in [3.8, 4) is 0 Å². The zero-order valence-corrected chi connectivity index (χ0v) is 24.1. The second-order valence-corrected chi connectivity index (χ2v) is 12.6. The van der Waals surface area contributed by atoms with Crippen molar-refractivity contribution in [2.45, 2.75) is 52.1 Å². The number of sulfonamides is 1. The number of amides is 1. The van der Waals surface area contributed by atoms with Crippen LogP contribution in [0.3, 0.4) is 0 Å². The van der Waals surface area contributed by atoms with E-state index in [1.807, 2.05) is 43.3 Å². The van der Waals surface area contributed by atoms with Crippen molar-refractivity contribution < 1.29 is 13.2 Å². The second kappa shape index (κ2) is 10.3. The molecule has 39 heavy (non-hydrogen) atoms. The van der Waals surface area contributed by atoms with Crippen LogP contribution in [-0.2, 0) is 10.0 Å². The van der Waals surface area contributed by atoms with Crippen LogP contribution in [0.2, 0.25) is 0 Å². The monoisotopic (exact) mass is 554 g/mol. The maximum absolute atomic E-state index is 13.8. The smallest absolute Gasteiger partial charge is 0.256 e. The molecule has 1 aromatic carbocycles. The number of carbonyl (C=O) groups excluding carboxylic acids is 1. The van der Waals surface area contributed by atoms with Crippen LogP contribution < -0.4 is 20.3 Å². The Morgan fingerprint density at radius 3 is 2.62 bits per heavy atom. The lowest BCUT2D eigenvalue weighted by atomic mass is 10.1. The lowest BCUT2D eigenvalue weighted by molar-refractivity contribution is 0.0723. The van der Waals surface area contributed by atoms with Gasteiger partial charge in [0, 0.05) is 51.4 Å². The van der Waals surface area contributed by atoms with Gasteiger partial charge in [-0.05, 0) is 45.2 Å². The van der Waals surface area contributed by atoms with Gasteiger partial charge in [0.25, 0.3) is 5.91 Å². The first kappa shape index (κ1) is 27.2. The van der Waals surface area contributed by atoms with E-state index in [1.54, 1.807) is 30.1 Å². The van der Waals surface area contributed by atoms with Crippen LogP contribution in [0.15, 0.2) is 24.3 Å². The van der Waals surface area contributed by atoms with E-state index in [9.17, 15) is 13.2 Å².